The first-order valence-corrected chi connectivity index (χ1v) is 9.89. The van der Waals surface area contributed by atoms with Gasteiger partial charge in [-0.05, 0) is 49.1 Å². The van der Waals surface area contributed by atoms with Gasteiger partial charge >= 0.3 is 5.63 Å². The van der Waals surface area contributed by atoms with Crippen molar-refractivity contribution < 1.29 is 13.9 Å². The lowest BCUT2D eigenvalue weighted by Crippen LogP contribution is -2.38. The van der Waals surface area contributed by atoms with Crippen LogP contribution in [0.2, 0.25) is 0 Å². The third kappa shape index (κ3) is 3.52. The van der Waals surface area contributed by atoms with Crippen LogP contribution in [0.15, 0.2) is 39.7 Å². The molecule has 1 aliphatic rings. The molecule has 0 bridgehead atoms. The molecule has 1 aliphatic heterocycles. The topological polar surface area (TPSA) is 96.4 Å². The van der Waals surface area contributed by atoms with E-state index in [2.05, 4.69) is 11.1 Å². The summed E-state index contributed by atoms with van der Waals surface area (Å²) in [6.45, 7) is 5.11. The van der Waals surface area contributed by atoms with E-state index in [1.54, 1.807) is 42.3 Å². The largest absolute Gasteiger partial charge is 0.493 e. The minimum atomic E-state index is -0.675. The van der Waals surface area contributed by atoms with Gasteiger partial charge in [0, 0.05) is 30.7 Å². The summed E-state index contributed by atoms with van der Waals surface area (Å²) >= 11 is 0. The van der Waals surface area contributed by atoms with Crippen LogP contribution in [0.3, 0.4) is 0 Å². The van der Waals surface area contributed by atoms with Crippen molar-refractivity contribution in [3.05, 3.63) is 68.8 Å². The van der Waals surface area contributed by atoms with Gasteiger partial charge in [0.15, 0.2) is 0 Å². The van der Waals surface area contributed by atoms with Crippen LogP contribution in [0, 0.1) is 18.3 Å². The summed E-state index contributed by atoms with van der Waals surface area (Å²) in [5.74, 6) is 0.233. The maximum atomic E-state index is 13.1. The Morgan fingerprint density at radius 1 is 1.37 bits per heavy atom. The lowest BCUT2D eigenvalue weighted by Gasteiger charge is -2.29. The first kappa shape index (κ1) is 19.6. The highest BCUT2D eigenvalue weighted by Crippen LogP contribution is 2.25. The van der Waals surface area contributed by atoms with E-state index in [1.807, 2.05) is 6.92 Å². The van der Waals surface area contributed by atoms with Gasteiger partial charge in [-0.25, -0.2) is 4.79 Å². The lowest BCUT2D eigenvalue weighted by molar-refractivity contribution is 0.0730. The van der Waals surface area contributed by atoms with E-state index in [0.29, 0.717) is 54.1 Å². The Balaban J connectivity index is 1.63. The Kier molecular flexibility index (Phi) is 5.23. The summed E-state index contributed by atoms with van der Waals surface area (Å²) in [6.07, 6.45) is 3.12. The average molecular weight is 403 g/mol. The molecule has 3 heterocycles. The number of fused-ring (bicyclic) bond motifs is 2. The second-order valence-corrected chi connectivity index (χ2v) is 7.31. The summed E-state index contributed by atoms with van der Waals surface area (Å²) in [5.41, 5.74) is 2.73. The monoisotopic (exact) mass is 403 g/mol. The number of hydrogen-bond donors (Lipinski definition) is 0. The number of benzene rings is 1. The number of carbonyl (C=O) groups is 1. The number of rotatable bonds is 4. The predicted octanol–water partition coefficient (Wildman–Crippen LogP) is 3.36. The van der Waals surface area contributed by atoms with Crippen molar-refractivity contribution in [2.75, 3.05) is 13.2 Å². The van der Waals surface area contributed by atoms with Gasteiger partial charge in [-0.2, -0.15) is 5.26 Å². The minimum Gasteiger partial charge on any atom is -0.493 e. The first-order chi connectivity index (χ1) is 14.5. The first-order valence-electron chi connectivity index (χ1n) is 9.89. The van der Waals surface area contributed by atoms with E-state index in [0.717, 1.165) is 17.5 Å². The van der Waals surface area contributed by atoms with Crippen LogP contribution in [0.1, 0.15) is 46.1 Å². The number of carbonyl (C=O) groups excluding carboxylic acids is 1. The van der Waals surface area contributed by atoms with Gasteiger partial charge in [0.25, 0.3) is 5.91 Å². The van der Waals surface area contributed by atoms with Crippen molar-refractivity contribution in [1.82, 2.24) is 9.88 Å². The second kappa shape index (κ2) is 7.99. The quantitative estimate of drug-likeness (QED) is 0.620. The van der Waals surface area contributed by atoms with Crippen molar-refractivity contribution in [2.24, 2.45) is 0 Å². The maximum absolute atomic E-state index is 13.1. The second-order valence-electron chi connectivity index (χ2n) is 7.31. The molecular formula is C23H21N3O4. The van der Waals surface area contributed by atoms with E-state index < -0.39 is 5.63 Å². The zero-order valence-corrected chi connectivity index (χ0v) is 16.9. The highest BCUT2D eigenvalue weighted by Gasteiger charge is 2.27. The van der Waals surface area contributed by atoms with Crippen LogP contribution in [-0.2, 0) is 13.0 Å². The van der Waals surface area contributed by atoms with Gasteiger partial charge in [0.2, 0.25) is 0 Å². The Bertz CT molecular complexity index is 1240. The molecule has 1 amide bonds. The molecule has 0 saturated carbocycles. The molecule has 7 heteroatoms. The van der Waals surface area contributed by atoms with Gasteiger partial charge in [-0.1, -0.05) is 6.92 Å². The van der Waals surface area contributed by atoms with E-state index in [-0.39, 0.29) is 11.5 Å². The number of hydrogen-bond acceptors (Lipinski definition) is 6. The summed E-state index contributed by atoms with van der Waals surface area (Å²) in [5, 5.41) is 10.1. The lowest BCUT2D eigenvalue weighted by atomic mass is 9.95. The molecule has 1 aromatic carbocycles. The summed E-state index contributed by atoms with van der Waals surface area (Å²) in [7, 11) is 0. The molecule has 30 heavy (non-hydrogen) atoms. The van der Waals surface area contributed by atoms with E-state index in [9.17, 15) is 14.9 Å². The number of aryl methyl sites for hydroxylation is 1. The van der Waals surface area contributed by atoms with E-state index >= 15 is 0 Å². The van der Waals surface area contributed by atoms with E-state index in [4.69, 9.17) is 9.15 Å². The van der Waals surface area contributed by atoms with Crippen LogP contribution in [0.25, 0.3) is 11.0 Å². The molecule has 0 spiro atoms. The van der Waals surface area contributed by atoms with Crippen LogP contribution in [0.5, 0.6) is 5.75 Å². The fourth-order valence-electron chi connectivity index (χ4n) is 3.69. The van der Waals surface area contributed by atoms with Crippen LogP contribution in [0.4, 0.5) is 0 Å². The fourth-order valence-corrected chi connectivity index (χ4v) is 3.69. The molecule has 7 nitrogen and oxygen atoms in total. The normalized spacial score (nSPS) is 13.0. The highest BCUT2D eigenvalue weighted by molar-refractivity contribution is 5.97. The van der Waals surface area contributed by atoms with Crippen LogP contribution < -0.4 is 10.4 Å². The number of pyridine rings is 1. The summed E-state index contributed by atoms with van der Waals surface area (Å²) in [6, 6.07) is 9.00. The zero-order chi connectivity index (χ0) is 21.3. The molecule has 0 unspecified atom stereocenters. The van der Waals surface area contributed by atoms with Crippen molar-refractivity contribution in [1.29, 1.82) is 5.26 Å². The molecule has 2 aromatic heterocycles. The molecule has 0 fully saturated rings. The van der Waals surface area contributed by atoms with Gasteiger partial charge < -0.3 is 14.1 Å². The predicted molar refractivity (Wildman–Crippen MR) is 110 cm³/mol. The zero-order valence-electron chi connectivity index (χ0n) is 16.9. The van der Waals surface area contributed by atoms with Gasteiger partial charge in [-0.3, -0.25) is 9.78 Å². The molecule has 3 aromatic rings. The van der Waals surface area contributed by atoms with Crippen molar-refractivity contribution in [3.8, 4) is 11.8 Å². The van der Waals surface area contributed by atoms with Gasteiger partial charge in [-0.15, -0.1) is 0 Å². The van der Waals surface area contributed by atoms with Crippen molar-refractivity contribution in [2.45, 2.75) is 33.2 Å². The van der Waals surface area contributed by atoms with Crippen LogP contribution >= 0.6 is 0 Å². The van der Waals surface area contributed by atoms with Gasteiger partial charge in [0.05, 0.1) is 17.9 Å². The van der Waals surface area contributed by atoms with Crippen molar-refractivity contribution >= 4 is 16.9 Å². The third-order valence-corrected chi connectivity index (χ3v) is 5.27. The van der Waals surface area contributed by atoms with Gasteiger partial charge in [0.1, 0.15) is 23.0 Å². The number of aromatic nitrogens is 1. The average Bonchev–Trinajstić information content (AvgIpc) is 2.76. The maximum Gasteiger partial charge on any atom is 0.349 e. The third-order valence-electron chi connectivity index (χ3n) is 5.27. The Hall–Kier alpha value is -3.66. The molecule has 4 rings (SSSR count). The molecule has 0 N–H and O–H groups in total. The Morgan fingerprint density at radius 2 is 2.20 bits per heavy atom. The number of nitrogens with zero attached hydrogens (tertiary/aromatic N) is 3. The fraction of sp³-hybridized carbons (Fsp3) is 0.304. The molecule has 0 aliphatic carbocycles. The number of ether oxygens (including phenoxy) is 1. The molecule has 152 valence electrons. The number of nitriles is 1. The molecule has 0 radical (unpaired) electrons. The number of amides is 1. The van der Waals surface area contributed by atoms with Crippen molar-refractivity contribution in [3.63, 3.8) is 0 Å². The molecule has 0 saturated heterocycles. The standard InChI is InChI=1S/C23H21N3O4/c1-3-8-29-17-5-4-15-9-19(23(28)30-21(15)10-17)22(27)26-7-6-18-16(13-26)12-25-14(2)20(18)11-24/h4-5,9-10,12H,3,6-8,13H2,1-2H3. The minimum absolute atomic E-state index is 0.00578. The summed E-state index contributed by atoms with van der Waals surface area (Å²) < 4.78 is 11.0. The smallest absolute Gasteiger partial charge is 0.349 e. The van der Waals surface area contributed by atoms with E-state index in [1.165, 1.54) is 0 Å². The molecule has 0 atom stereocenters. The summed E-state index contributed by atoms with van der Waals surface area (Å²) in [4.78, 5) is 31.4. The Labute approximate surface area is 173 Å². The SMILES string of the molecule is CCCOc1ccc2cc(C(=O)N3CCc4c(cnc(C)c4C#N)C3)c(=O)oc2c1. The Morgan fingerprint density at radius 3 is 2.97 bits per heavy atom. The molecular weight excluding hydrogens is 382 g/mol. The highest BCUT2D eigenvalue weighted by atomic mass is 16.5. The van der Waals surface area contributed by atoms with Crippen LogP contribution in [-0.4, -0.2) is 28.9 Å².